The van der Waals surface area contributed by atoms with Crippen molar-refractivity contribution in [3.05, 3.63) is 72.1 Å². The van der Waals surface area contributed by atoms with E-state index in [4.69, 9.17) is 4.74 Å². The Bertz CT molecular complexity index is 792. The number of aromatic nitrogens is 4. The number of thioether (sulfide) groups is 1. The predicted molar refractivity (Wildman–Crippen MR) is 95.0 cm³/mol. The van der Waals surface area contributed by atoms with Gasteiger partial charge in [0, 0.05) is 11.3 Å². The van der Waals surface area contributed by atoms with E-state index in [-0.39, 0.29) is 12.6 Å². The van der Waals surface area contributed by atoms with E-state index in [2.05, 4.69) is 15.5 Å². The summed E-state index contributed by atoms with van der Waals surface area (Å²) in [6, 6.07) is 17.1. The molecule has 0 spiro atoms. The quantitative estimate of drug-likeness (QED) is 0.480. The normalized spacial score (nSPS) is 11.9. The molecule has 25 heavy (non-hydrogen) atoms. The van der Waals surface area contributed by atoms with Crippen LogP contribution in [-0.4, -0.2) is 32.4 Å². The van der Waals surface area contributed by atoms with Crippen LogP contribution in [-0.2, 0) is 22.6 Å². The minimum Gasteiger partial charge on any atom is -0.459 e. The van der Waals surface area contributed by atoms with Crippen molar-refractivity contribution in [2.24, 2.45) is 0 Å². The number of nitrogens with zero attached hydrogens (tertiary/aromatic N) is 4. The Balaban J connectivity index is 1.68. The van der Waals surface area contributed by atoms with Gasteiger partial charge >= 0.3 is 5.97 Å². The second kappa shape index (κ2) is 8.43. The van der Waals surface area contributed by atoms with Crippen LogP contribution >= 0.6 is 11.8 Å². The van der Waals surface area contributed by atoms with Crippen molar-refractivity contribution in [3.63, 3.8) is 0 Å². The summed E-state index contributed by atoms with van der Waals surface area (Å²) >= 11 is 1.67. The fourth-order valence-electron chi connectivity index (χ4n) is 2.41. The third-order valence-corrected chi connectivity index (χ3v) is 4.51. The van der Waals surface area contributed by atoms with Crippen LogP contribution in [0.2, 0.25) is 0 Å². The Labute approximate surface area is 150 Å². The van der Waals surface area contributed by atoms with E-state index in [1.807, 2.05) is 60.9 Å². The monoisotopic (exact) mass is 354 g/mol. The maximum absolute atomic E-state index is 12.6. The lowest BCUT2D eigenvalue weighted by Gasteiger charge is -2.15. The second-order valence-corrected chi connectivity index (χ2v) is 6.33. The number of esters is 1. The van der Waals surface area contributed by atoms with Gasteiger partial charge < -0.3 is 4.74 Å². The summed E-state index contributed by atoms with van der Waals surface area (Å²) in [6.07, 6.45) is 3.92. The number of hydrogen-bond donors (Lipinski definition) is 0. The largest absolute Gasteiger partial charge is 0.459 e. The maximum Gasteiger partial charge on any atom is 0.331 e. The van der Waals surface area contributed by atoms with Gasteiger partial charge in [0.15, 0.2) is 6.04 Å². The van der Waals surface area contributed by atoms with Gasteiger partial charge in [0.2, 0.25) is 0 Å². The molecule has 0 aliphatic rings. The number of rotatable bonds is 7. The van der Waals surface area contributed by atoms with Gasteiger partial charge in [-0.05, 0) is 39.9 Å². The lowest BCUT2D eigenvalue weighted by molar-refractivity contribution is -0.149. The molecule has 3 rings (SSSR count). The molecular formula is C18H18N4O2S. The van der Waals surface area contributed by atoms with Crippen molar-refractivity contribution in [1.29, 1.82) is 0 Å². The molecule has 1 heterocycles. The van der Waals surface area contributed by atoms with Crippen LogP contribution < -0.4 is 0 Å². The van der Waals surface area contributed by atoms with Crippen LogP contribution in [0.4, 0.5) is 0 Å². The van der Waals surface area contributed by atoms with Gasteiger partial charge in [0.25, 0.3) is 0 Å². The summed E-state index contributed by atoms with van der Waals surface area (Å²) in [7, 11) is 0. The van der Waals surface area contributed by atoms with Gasteiger partial charge in [-0.1, -0.05) is 42.5 Å². The van der Waals surface area contributed by atoms with Gasteiger partial charge in [-0.2, -0.15) is 0 Å². The molecule has 6 nitrogen and oxygen atoms in total. The highest BCUT2D eigenvalue weighted by Gasteiger charge is 2.24. The number of carbonyl (C=O) groups excluding carboxylic acids is 1. The Kier molecular flexibility index (Phi) is 5.79. The molecule has 0 unspecified atom stereocenters. The van der Waals surface area contributed by atoms with E-state index in [0.717, 1.165) is 11.1 Å². The average Bonchev–Trinajstić information content (AvgIpc) is 3.20. The van der Waals surface area contributed by atoms with Gasteiger partial charge in [-0.15, -0.1) is 16.9 Å². The molecular weight excluding hydrogens is 336 g/mol. The highest BCUT2D eigenvalue weighted by atomic mass is 32.2. The molecule has 0 aliphatic carbocycles. The Morgan fingerprint density at radius 3 is 2.52 bits per heavy atom. The number of benzene rings is 2. The van der Waals surface area contributed by atoms with Crippen molar-refractivity contribution in [3.8, 4) is 0 Å². The van der Waals surface area contributed by atoms with E-state index >= 15 is 0 Å². The Morgan fingerprint density at radius 1 is 1.12 bits per heavy atom. The first-order valence-corrected chi connectivity index (χ1v) is 9.04. The SMILES string of the molecule is CSc1ccc(COC(=O)[C@@H](Cc2ccccc2)n2cnnn2)cc1. The van der Waals surface area contributed by atoms with E-state index in [1.54, 1.807) is 11.8 Å². The van der Waals surface area contributed by atoms with E-state index in [1.165, 1.54) is 15.9 Å². The number of carbonyl (C=O) groups is 1. The number of ether oxygens (including phenoxy) is 1. The van der Waals surface area contributed by atoms with Gasteiger partial charge in [0.1, 0.15) is 12.9 Å². The third kappa shape index (κ3) is 4.67. The zero-order valence-electron chi connectivity index (χ0n) is 13.8. The molecule has 0 bridgehead atoms. The topological polar surface area (TPSA) is 69.9 Å². The Hall–Kier alpha value is -2.67. The zero-order chi connectivity index (χ0) is 17.5. The fourth-order valence-corrected chi connectivity index (χ4v) is 2.81. The van der Waals surface area contributed by atoms with E-state index in [0.29, 0.717) is 6.42 Å². The predicted octanol–water partition coefficient (Wildman–Crippen LogP) is 2.92. The molecule has 3 aromatic rings. The van der Waals surface area contributed by atoms with Crippen molar-refractivity contribution in [2.45, 2.75) is 24.0 Å². The molecule has 1 atom stereocenters. The van der Waals surface area contributed by atoms with Crippen molar-refractivity contribution < 1.29 is 9.53 Å². The molecule has 128 valence electrons. The summed E-state index contributed by atoms with van der Waals surface area (Å²) in [5.41, 5.74) is 1.96. The highest BCUT2D eigenvalue weighted by Crippen LogP contribution is 2.18. The fraction of sp³-hybridized carbons (Fsp3) is 0.222. The first-order valence-electron chi connectivity index (χ1n) is 7.82. The van der Waals surface area contributed by atoms with Gasteiger partial charge in [0.05, 0.1) is 0 Å². The summed E-state index contributed by atoms with van der Waals surface area (Å²) in [6.45, 7) is 0.223. The minimum absolute atomic E-state index is 0.223. The number of hydrogen-bond acceptors (Lipinski definition) is 6. The van der Waals surface area contributed by atoms with Gasteiger partial charge in [-0.3, -0.25) is 0 Å². The van der Waals surface area contributed by atoms with Crippen molar-refractivity contribution in [2.75, 3.05) is 6.26 Å². The lowest BCUT2D eigenvalue weighted by Crippen LogP contribution is -2.24. The molecule has 0 saturated heterocycles. The van der Waals surface area contributed by atoms with Gasteiger partial charge in [-0.25, -0.2) is 9.48 Å². The van der Waals surface area contributed by atoms with Crippen LogP contribution in [0, 0.1) is 0 Å². The van der Waals surface area contributed by atoms with Crippen molar-refractivity contribution in [1.82, 2.24) is 20.2 Å². The molecule has 2 aromatic carbocycles. The first-order chi connectivity index (χ1) is 12.3. The molecule has 0 aliphatic heterocycles. The Morgan fingerprint density at radius 2 is 1.88 bits per heavy atom. The summed E-state index contributed by atoms with van der Waals surface area (Å²) in [4.78, 5) is 13.8. The summed E-state index contributed by atoms with van der Waals surface area (Å²) in [5, 5.41) is 11.1. The third-order valence-electron chi connectivity index (χ3n) is 3.77. The lowest BCUT2D eigenvalue weighted by atomic mass is 10.1. The maximum atomic E-state index is 12.6. The molecule has 7 heteroatoms. The van der Waals surface area contributed by atoms with Crippen LogP contribution in [0.25, 0.3) is 0 Å². The molecule has 1 aromatic heterocycles. The average molecular weight is 354 g/mol. The zero-order valence-corrected chi connectivity index (χ0v) is 14.6. The standard InChI is InChI=1S/C18H18N4O2S/c1-25-16-9-7-15(8-10-16)12-24-18(23)17(22-13-19-20-21-22)11-14-5-3-2-4-6-14/h2-10,13,17H,11-12H2,1H3/t17-/m1/s1. The van der Waals surface area contributed by atoms with E-state index in [9.17, 15) is 4.79 Å². The first kappa shape index (κ1) is 17.2. The smallest absolute Gasteiger partial charge is 0.331 e. The minimum atomic E-state index is -0.595. The molecule has 0 saturated carbocycles. The van der Waals surface area contributed by atoms with Crippen LogP contribution in [0.3, 0.4) is 0 Å². The molecule has 0 radical (unpaired) electrons. The molecule has 0 N–H and O–H groups in total. The summed E-state index contributed by atoms with van der Waals surface area (Å²) < 4.78 is 6.93. The molecule has 0 fully saturated rings. The van der Waals surface area contributed by atoms with E-state index < -0.39 is 6.04 Å². The highest BCUT2D eigenvalue weighted by molar-refractivity contribution is 7.98. The summed E-state index contributed by atoms with van der Waals surface area (Å²) in [5.74, 6) is -0.356. The van der Waals surface area contributed by atoms with Crippen molar-refractivity contribution >= 4 is 17.7 Å². The second-order valence-electron chi connectivity index (χ2n) is 5.45. The van der Waals surface area contributed by atoms with Crippen LogP contribution in [0.15, 0.2) is 65.8 Å². The van der Waals surface area contributed by atoms with Crippen LogP contribution in [0.1, 0.15) is 17.2 Å². The number of tetrazole rings is 1. The van der Waals surface area contributed by atoms with Crippen LogP contribution in [0.5, 0.6) is 0 Å². The molecule has 0 amide bonds.